The highest BCUT2D eigenvalue weighted by Gasteiger charge is 2.26. The van der Waals surface area contributed by atoms with E-state index >= 15 is 0 Å². The summed E-state index contributed by atoms with van der Waals surface area (Å²) in [5, 5.41) is 9.42. The molecule has 160 valence electrons. The minimum Gasteiger partial charge on any atom is -0.388 e. The topological polar surface area (TPSA) is 68.4 Å². The maximum atomic E-state index is 11.5. The second-order valence-corrected chi connectivity index (χ2v) is 9.05. The molecule has 0 radical (unpaired) electrons. The van der Waals surface area contributed by atoms with Crippen LogP contribution in [0, 0.1) is 0 Å². The molecule has 2 aromatic rings. The van der Waals surface area contributed by atoms with E-state index in [1.807, 2.05) is 38.0 Å². The Bertz CT molecular complexity index is 901. The van der Waals surface area contributed by atoms with Crippen molar-refractivity contribution in [3.05, 3.63) is 59.8 Å². The van der Waals surface area contributed by atoms with Gasteiger partial charge in [0.25, 0.3) is 0 Å². The third kappa shape index (κ3) is 5.72. The molecule has 1 aliphatic rings. The lowest BCUT2D eigenvalue weighted by molar-refractivity contribution is -0.114. The Hall–Kier alpha value is -2.13. The lowest BCUT2D eigenvalue weighted by atomic mass is 10.2. The fourth-order valence-corrected chi connectivity index (χ4v) is 5.32. The molecule has 1 heterocycles. The van der Waals surface area contributed by atoms with Crippen LogP contribution in [0.3, 0.4) is 0 Å². The molecule has 2 aromatic carbocycles. The molecule has 6 nitrogen and oxygen atoms in total. The van der Waals surface area contributed by atoms with Crippen molar-refractivity contribution in [3.63, 3.8) is 0 Å². The number of nitrogens with zero attached hydrogens (tertiary/aromatic N) is 1. The third-order valence-electron chi connectivity index (χ3n) is 4.64. The van der Waals surface area contributed by atoms with E-state index in [1.165, 1.54) is 17.4 Å². The Labute approximate surface area is 187 Å². The summed E-state index contributed by atoms with van der Waals surface area (Å²) in [7, 11) is 5.98. The second-order valence-electron chi connectivity index (χ2n) is 6.99. The summed E-state index contributed by atoms with van der Waals surface area (Å²) >= 11 is 3.44. The first-order valence-corrected chi connectivity index (χ1v) is 11.6. The van der Waals surface area contributed by atoms with Crippen LogP contribution in [0.15, 0.2) is 53.6 Å². The van der Waals surface area contributed by atoms with E-state index < -0.39 is 0 Å². The summed E-state index contributed by atoms with van der Waals surface area (Å²) in [6, 6.07) is 14.6. The number of anilines is 2. The minimum absolute atomic E-state index is 0.0684. The van der Waals surface area contributed by atoms with Crippen LogP contribution in [0.5, 0.6) is 0 Å². The first-order valence-electron chi connectivity index (χ1n) is 9.86. The summed E-state index contributed by atoms with van der Waals surface area (Å²) in [6.07, 6.45) is 2.20. The molecule has 1 amide bonds. The van der Waals surface area contributed by atoms with Gasteiger partial charge in [0.1, 0.15) is 5.37 Å². The van der Waals surface area contributed by atoms with Gasteiger partial charge in [-0.2, -0.15) is 0 Å². The maximum absolute atomic E-state index is 11.5. The fraction of sp³-hybridized carbons (Fsp3) is 0.318. The quantitative estimate of drug-likeness (QED) is 0.342. The average Bonchev–Trinajstić information content (AvgIpc) is 3.12. The Kier molecular flexibility index (Phi) is 8.09. The maximum Gasteiger partial charge on any atom is 0.221 e. The van der Waals surface area contributed by atoms with Crippen molar-refractivity contribution in [2.75, 3.05) is 44.9 Å². The van der Waals surface area contributed by atoms with Crippen LogP contribution in [-0.4, -0.2) is 45.0 Å². The molecule has 1 atom stereocenters. The number of likely N-dealkylation sites (N-methyl/N-ethyl adjacent to an activating group) is 1. The molecule has 3 rings (SSSR count). The zero-order valence-corrected chi connectivity index (χ0v) is 19.4. The van der Waals surface area contributed by atoms with Crippen molar-refractivity contribution in [1.29, 1.82) is 0 Å². The predicted molar refractivity (Wildman–Crippen MR) is 131 cm³/mol. The molecule has 0 aliphatic carbocycles. The highest BCUT2D eigenvalue weighted by Crippen LogP contribution is 2.49. The smallest absolute Gasteiger partial charge is 0.221 e. The van der Waals surface area contributed by atoms with E-state index in [1.54, 1.807) is 11.9 Å². The van der Waals surface area contributed by atoms with Crippen LogP contribution in [0.25, 0.3) is 4.91 Å². The van der Waals surface area contributed by atoms with Gasteiger partial charge in [0, 0.05) is 67.0 Å². The Balaban J connectivity index is 1.81. The first-order chi connectivity index (χ1) is 14.5. The van der Waals surface area contributed by atoms with Crippen LogP contribution in [0.2, 0.25) is 0 Å². The number of hydrogen-bond acceptors (Lipinski definition) is 7. The van der Waals surface area contributed by atoms with Crippen molar-refractivity contribution in [1.82, 2.24) is 14.9 Å². The van der Waals surface area contributed by atoms with E-state index in [0.717, 1.165) is 34.9 Å². The van der Waals surface area contributed by atoms with Gasteiger partial charge < -0.3 is 20.9 Å². The van der Waals surface area contributed by atoms with E-state index in [4.69, 9.17) is 0 Å². The fourth-order valence-electron chi connectivity index (χ4n) is 3.13. The van der Waals surface area contributed by atoms with Gasteiger partial charge in [-0.25, -0.2) is 0 Å². The molecule has 0 spiro atoms. The molecule has 0 aromatic heterocycles. The number of rotatable bonds is 9. The average molecular weight is 444 g/mol. The van der Waals surface area contributed by atoms with Crippen LogP contribution in [0.1, 0.15) is 23.4 Å². The number of amides is 1. The Morgan fingerprint density at radius 1 is 1.10 bits per heavy atom. The lowest BCUT2D eigenvalue weighted by Gasteiger charge is -2.20. The zero-order valence-electron chi connectivity index (χ0n) is 17.8. The van der Waals surface area contributed by atoms with Crippen molar-refractivity contribution >= 4 is 45.9 Å². The molecule has 0 saturated carbocycles. The number of carbonyl (C=O) groups is 1. The standard InChI is InChI=1S/C22H29N5OS2/c1-15(28)26-18-9-10-19(20(13-18)30-25-12-11-23-2)21-14-27(4)22(29-21)16-5-7-17(24-3)8-6-16/h5-10,13-14,22-25H,11-12H2,1-4H3,(H,26,28). The number of thioether (sulfide) groups is 1. The van der Waals surface area contributed by atoms with Gasteiger partial charge in [0.15, 0.2) is 0 Å². The first kappa shape index (κ1) is 22.6. The molecule has 0 bridgehead atoms. The molecule has 0 saturated heterocycles. The van der Waals surface area contributed by atoms with Crippen molar-refractivity contribution < 1.29 is 4.79 Å². The van der Waals surface area contributed by atoms with Crippen molar-refractivity contribution in [2.24, 2.45) is 0 Å². The highest BCUT2D eigenvalue weighted by atomic mass is 32.2. The molecule has 1 aliphatic heterocycles. The zero-order chi connectivity index (χ0) is 21.5. The Morgan fingerprint density at radius 2 is 1.83 bits per heavy atom. The van der Waals surface area contributed by atoms with Gasteiger partial charge >= 0.3 is 0 Å². The SMILES string of the molecule is CNCCNSc1cc(NC(C)=O)ccc1C1=CN(C)C(c2ccc(NC)cc2)S1. The molecule has 30 heavy (non-hydrogen) atoms. The predicted octanol–water partition coefficient (Wildman–Crippen LogP) is 4.18. The van der Waals surface area contributed by atoms with E-state index in [-0.39, 0.29) is 11.3 Å². The number of benzene rings is 2. The van der Waals surface area contributed by atoms with Gasteiger partial charge in [-0.05, 0) is 48.8 Å². The van der Waals surface area contributed by atoms with Crippen LogP contribution >= 0.6 is 23.7 Å². The van der Waals surface area contributed by atoms with E-state index in [9.17, 15) is 4.79 Å². The van der Waals surface area contributed by atoms with Crippen molar-refractivity contribution in [2.45, 2.75) is 17.2 Å². The molecule has 1 unspecified atom stereocenters. The largest absolute Gasteiger partial charge is 0.388 e. The summed E-state index contributed by atoms with van der Waals surface area (Å²) in [5.74, 6) is -0.0684. The normalized spacial score (nSPS) is 15.8. The van der Waals surface area contributed by atoms with Gasteiger partial charge in [-0.1, -0.05) is 30.0 Å². The van der Waals surface area contributed by atoms with Gasteiger partial charge in [-0.15, -0.1) is 0 Å². The number of carbonyl (C=O) groups excluding carboxylic acids is 1. The van der Waals surface area contributed by atoms with Gasteiger partial charge in [-0.3, -0.25) is 9.52 Å². The van der Waals surface area contributed by atoms with Crippen molar-refractivity contribution in [3.8, 4) is 0 Å². The van der Waals surface area contributed by atoms with Gasteiger partial charge in [0.2, 0.25) is 5.91 Å². The Morgan fingerprint density at radius 3 is 2.50 bits per heavy atom. The van der Waals surface area contributed by atoms with Crippen LogP contribution < -0.4 is 20.7 Å². The number of nitrogens with one attached hydrogen (secondary N) is 4. The third-order valence-corrected chi connectivity index (χ3v) is 6.95. The second kappa shape index (κ2) is 10.8. The van der Waals surface area contributed by atoms with E-state index in [2.05, 4.69) is 69.2 Å². The molecule has 4 N–H and O–H groups in total. The highest BCUT2D eigenvalue weighted by molar-refractivity contribution is 8.08. The number of hydrogen-bond donors (Lipinski definition) is 4. The van der Waals surface area contributed by atoms with Crippen LogP contribution in [-0.2, 0) is 4.79 Å². The summed E-state index contributed by atoms with van der Waals surface area (Å²) in [6.45, 7) is 3.26. The monoisotopic (exact) mass is 443 g/mol. The summed E-state index contributed by atoms with van der Waals surface area (Å²) in [5.41, 5.74) is 4.35. The lowest BCUT2D eigenvalue weighted by Crippen LogP contribution is -2.20. The summed E-state index contributed by atoms with van der Waals surface area (Å²) < 4.78 is 3.40. The molecule has 0 fully saturated rings. The van der Waals surface area contributed by atoms with Gasteiger partial charge in [0.05, 0.1) is 0 Å². The van der Waals surface area contributed by atoms with Crippen LogP contribution in [0.4, 0.5) is 11.4 Å². The molecule has 8 heteroatoms. The molecular formula is C22H29N5OS2. The summed E-state index contributed by atoms with van der Waals surface area (Å²) in [4.78, 5) is 16.0. The minimum atomic E-state index is -0.0684. The van der Waals surface area contributed by atoms with E-state index in [0.29, 0.717) is 0 Å². The molecular weight excluding hydrogens is 414 g/mol.